The van der Waals surface area contributed by atoms with Crippen molar-refractivity contribution in [3.8, 4) is 11.5 Å². The molecule has 0 bridgehead atoms. The van der Waals surface area contributed by atoms with Gasteiger partial charge in [-0.1, -0.05) is 78.5 Å². The van der Waals surface area contributed by atoms with Crippen molar-refractivity contribution in [3.63, 3.8) is 0 Å². The summed E-state index contributed by atoms with van der Waals surface area (Å²) in [5.74, 6) is 1.06. The number of phenols is 2. The normalized spacial score (nSPS) is 10.4. The first kappa shape index (κ1) is 25.7. The Labute approximate surface area is 183 Å². The number of carbonyl (C=O) groups excluding carboxylic acids is 1. The zero-order chi connectivity index (χ0) is 22.5. The van der Waals surface area contributed by atoms with E-state index in [0.717, 1.165) is 79.2 Å². The molecule has 166 valence electrons. The van der Waals surface area contributed by atoms with Crippen LogP contribution < -0.4 is 0 Å². The topological polar surface area (TPSA) is 57.5 Å². The lowest BCUT2D eigenvalue weighted by atomic mass is 9.96. The molecule has 0 saturated heterocycles. The average Bonchev–Trinajstić information content (AvgIpc) is 2.74. The lowest BCUT2D eigenvalue weighted by Crippen LogP contribution is -2.01. The van der Waals surface area contributed by atoms with Gasteiger partial charge in [0.1, 0.15) is 11.5 Å². The van der Waals surface area contributed by atoms with Crippen LogP contribution in [0.2, 0.25) is 0 Å². The fourth-order valence-electron chi connectivity index (χ4n) is 3.63. The number of rotatable bonds is 10. The molecular formula is C27H40O3. The van der Waals surface area contributed by atoms with Crippen molar-refractivity contribution < 1.29 is 15.0 Å². The van der Waals surface area contributed by atoms with Crippen LogP contribution in [0.3, 0.4) is 0 Å². The van der Waals surface area contributed by atoms with Crippen LogP contribution in [0.4, 0.5) is 0 Å². The number of hydrogen-bond donors (Lipinski definition) is 2. The van der Waals surface area contributed by atoms with E-state index in [1.165, 1.54) is 0 Å². The van der Waals surface area contributed by atoms with Gasteiger partial charge in [0.2, 0.25) is 0 Å². The molecule has 0 aromatic heterocycles. The smallest absolute Gasteiger partial charge is 0.162 e. The fraction of sp³-hybridized carbons (Fsp3) is 0.519. The van der Waals surface area contributed by atoms with E-state index in [1.807, 2.05) is 37.3 Å². The Balaban J connectivity index is 0.000000311. The molecule has 0 unspecified atom stereocenters. The van der Waals surface area contributed by atoms with E-state index in [2.05, 4.69) is 27.7 Å². The molecule has 0 amide bonds. The van der Waals surface area contributed by atoms with Gasteiger partial charge in [0, 0.05) is 12.0 Å². The standard InChI is InChI=1S/C15H22O2.C12H18O/c1-4-7-11-9-13(14(16)6-3)10-12(8-5-2)15(11)17;1-3-6-10-8-5-9-11(7-4-2)12(10)13/h9-10,17H,4-8H2,1-3H3;5,8-9,13H,3-4,6-7H2,1-2H3. The van der Waals surface area contributed by atoms with Crippen molar-refractivity contribution in [2.24, 2.45) is 0 Å². The monoisotopic (exact) mass is 412 g/mol. The first-order valence-electron chi connectivity index (χ1n) is 11.6. The third-order valence-corrected chi connectivity index (χ3v) is 5.19. The molecule has 0 aliphatic heterocycles. The van der Waals surface area contributed by atoms with Crippen LogP contribution in [0.25, 0.3) is 0 Å². The van der Waals surface area contributed by atoms with Gasteiger partial charge in [0.15, 0.2) is 5.78 Å². The Morgan fingerprint density at radius 1 is 0.667 bits per heavy atom. The molecule has 2 rings (SSSR count). The summed E-state index contributed by atoms with van der Waals surface area (Å²) in [5.41, 5.74) is 4.75. The summed E-state index contributed by atoms with van der Waals surface area (Å²) in [7, 11) is 0. The van der Waals surface area contributed by atoms with E-state index in [4.69, 9.17) is 0 Å². The molecule has 0 fully saturated rings. The lowest BCUT2D eigenvalue weighted by molar-refractivity contribution is 0.0988. The zero-order valence-corrected chi connectivity index (χ0v) is 19.6. The predicted molar refractivity (Wildman–Crippen MR) is 127 cm³/mol. The fourth-order valence-corrected chi connectivity index (χ4v) is 3.63. The molecule has 0 spiro atoms. The van der Waals surface area contributed by atoms with E-state index in [1.54, 1.807) is 0 Å². The number of ketones is 1. The highest BCUT2D eigenvalue weighted by Gasteiger charge is 2.12. The molecule has 2 aromatic carbocycles. The van der Waals surface area contributed by atoms with Gasteiger partial charge in [0.25, 0.3) is 0 Å². The first-order chi connectivity index (χ1) is 14.4. The van der Waals surface area contributed by atoms with Gasteiger partial charge in [-0.2, -0.15) is 0 Å². The van der Waals surface area contributed by atoms with Gasteiger partial charge in [-0.25, -0.2) is 0 Å². The summed E-state index contributed by atoms with van der Waals surface area (Å²) in [6, 6.07) is 9.76. The van der Waals surface area contributed by atoms with Crippen molar-refractivity contribution in [1.29, 1.82) is 0 Å². The molecule has 30 heavy (non-hydrogen) atoms. The number of carbonyl (C=O) groups is 1. The minimum absolute atomic E-state index is 0.153. The Hall–Kier alpha value is -2.29. The Morgan fingerprint density at radius 2 is 1.03 bits per heavy atom. The largest absolute Gasteiger partial charge is 0.507 e. The number of aryl methyl sites for hydroxylation is 4. The van der Waals surface area contributed by atoms with Gasteiger partial charge in [0.05, 0.1) is 0 Å². The minimum atomic E-state index is 0.153. The number of para-hydroxylation sites is 1. The summed E-state index contributed by atoms with van der Waals surface area (Å²) >= 11 is 0. The summed E-state index contributed by atoms with van der Waals surface area (Å²) in [4.78, 5) is 11.8. The summed E-state index contributed by atoms with van der Waals surface area (Å²) in [6.45, 7) is 10.3. The van der Waals surface area contributed by atoms with Gasteiger partial charge in [-0.05, 0) is 60.1 Å². The van der Waals surface area contributed by atoms with Crippen molar-refractivity contribution in [2.45, 2.75) is 92.4 Å². The summed E-state index contributed by atoms with van der Waals surface area (Å²) in [5, 5.41) is 20.0. The van der Waals surface area contributed by atoms with Crippen molar-refractivity contribution in [2.75, 3.05) is 0 Å². The molecule has 2 N–H and O–H groups in total. The molecule has 0 heterocycles. The highest BCUT2D eigenvalue weighted by molar-refractivity contribution is 5.96. The Morgan fingerprint density at radius 3 is 1.40 bits per heavy atom. The number of aromatic hydroxyl groups is 2. The van der Waals surface area contributed by atoms with Crippen LogP contribution in [0.5, 0.6) is 11.5 Å². The van der Waals surface area contributed by atoms with Crippen LogP contribution in [-0.2, 0) is 25.7 Å². The first-order valence-corrected chi connectivity index (χ1v) is 11.6. The highest BCUT2D eigenvalue weighted by Crippen LogP contribution is 2.28. The van der Waals surface area contributed by atoms with Gasteiger partial charge < -0.3 is 10.2 Å². The molecule has 3 heteroatoms. The van der Waals surface area contributed by atoms with Crippen LogP contribution in [0, 0.1) is 0 Å². The van der Waals surface area contributed by atoms with E-state index in [0.29, 0.717) is 17.9 Å². The van der Waals surface area contributed by atoms with E-state index < -0.39 is 0 Å². The Kier molecular flexibility index (Phi) is 11.9. The second-order valence-corrected chi connectivity index (χ2v) is 7.84. The molecule has 0 atom stereocenters. The van der Waals surface area contributed by atoms with E-state index in [9.17, 15) is 15.0 Å². The highest BCUT2D eigenvalue weighted by atomic mass is 16.3. The van der Waals surface area contributed by atoms with Crippen LogP contribution in [0.15, 0.2) is 30.3 Å². The average molecular weight is 413 g/mol. The second-order valence-electron chi connectivity index (χ2n) is 7.84. The zero-order valence-electron chi connectivity index (χ0n) is 19.6. The summed E-state index contributed by atoms with van der Waals surface area (Å²) < 4.78 is 0. The molecular weight excluding hydrogens is 372 g/mol. The van der Waals surface area contributed by atoms with Gasteiger partial charge in [-0.3, -0.25) is 4.79 Å². The van der Waals surface area contributed by atoms with Crippen LogP contribution >= 0.6 is 0 Å². The van der Waals surface area contributed by atoms with Gasteiger partial charge >= 0.3 is 0 Å². The van der Waals surface area contributed by atoms with E-state index >= 15 is 0 Å². The molecule has 0 aliphatic carbocycles. The molecule has 0 saturated carbocycles. The third-order valence-electron chi connectivity index (χ3n) is 5.19. The van der Waals surface area contributed by atoms with Crippen molar-refractivity contribution >= 4 is 5.78 Å². The van der Waals surface area contributed by atoms with Crippen LogP contribution in [-0.4, -0.2) is 16.0 Å². The molecule has 3 nitrogen and oxygen atoms in total. The lowest BCUT2D eigenvalue weighted by Gasteiger charge is -2.11. The maximum absolute atomic E-state index is 11.8. The minimum Gasteiger partial charge on any atom is -0.507 e. The number of phenolic OH excluding ortho intramolecular Hbond substituents is 2. The van der Waals surface area contributed by atoms with Crippen LogP contribution in [0.1, 0.15) is 99.3 Å². The molecule has 0 aliphatic rings. The quantitative estimate of drug-likeness (QED) is 0.406. The summed E-state index contributed by atoms with van der Waals surface area (Å²) in [6.07, 6.45) is 8.24. The van der Waals surface area contributed by atoms with E-state index in [-0.39, 0.29) is 5.78 Å². The Bertz CT molecular complexity index is 741. The second kappa shape index (κ2) is 13.8. The molecule has 0 radical (unpaired) electrons. The number of hydrogen-bond acceptors (Lipinski definition) is 3. The van der Waals surface area contributed by atoms with Crippen molar-refractivity contribution in [1.82, 2.24) is 0 Å². The third kappa shape index (κ3) is 7.51. The predicted octanol–water partition coefficient (Wildman–Crippen LogP) is 7.19. The maximum atomic E-state index is 11.8. The SMILES string of the molecule is CCCc1cc(C(=O)CC)cc(CCC)c1O.CCCc1cccc(CCC)c1O. The molecule has 2 aromatic rings. The number of benzene rings is 2. The number of Topliss-reactive ketones (excluding diaryl/α,β-unsaturated/α-hetero) is 1. The maximum Gasteiger partial charge on any atom is 0.162 e. The van der Waals surface area contributed by atoms with Crippen molar-refractivity contribution in [3.05, 3.63) is 58.1 Å². The van der Waals surface area contributed by atoms with Gasteiger partial charge in [-0.15, -0.1) is 0 Å².